The summed E-state index contributed by atoms with van der Waals surface area (Å²) in [6.07, 6.45) is 3.70. The Kier molecular flexibility index (Phi) is 5.58. The maximum absolute atomic E-state index is 12.7. The number of aryl methyl sites for hydroxylation is 1. The maximum Gasteiger partial charge on any atom is 0.251 e. The summed E-state index contributed by atoms with van der Waals surface area (Å²) in [5.74, 6) is -0.0413. The van der Waals surface area contributed by atoms with Gasteiger partial charge in [0.1, 0.15) is 0 Å². The van der Waals surface area contributed by atoms with Crippen LogP contribution < -0.4 is 10.2 Å². The predicted octanol–water partition coefficient (Wildman–Crippen LogP) is 3.73. The Morgan fingerprint density at radius 1 is 1.10 bits per heavy atom. The van der Waals surface area contributed by atoms with Gasteiger partial charge in [-0.1, -0.05) is 35.9 Å². The molecule has 2 aromatic carbocycles. The summed E-state index contributed by atoms with van der Waals surface area (Å²) in [4.78, 5) is 21.5. The predicted molar refractivity (Wildman–Crippen MR) is 116 cm³/mol. The maximum atomic E-state index is 12.7. The SMILES string of the molecule is Cc1ccc(CNC(=O)c2ccc3c(c2)CN(Cc2cccnc2)CN3C)cc1. The molecular weight excluding hydrogens is 360 g/mol. The molecular formula is C24H26N4O. The standard InChI is InChI=1S/C24H26N4O/c1-18-5-7-19(8-6-18)14-26-24(29)21-9-10-23-22(12-21)16-28(17-27(23)2)15-20-4-3-11-25-13-20/h3-13H,14-17H2,1-2H3,(H,26,29). The first kappa shape index (κ1) is 19.2. The van der Waals surface area contributed by atoms with E-state index in [-0.39, 0.29) is 5.91 Å². The molecule has 148 valence electrons. The van der Waals surface area contributed by atoms with Crippen LogP contribution in [0.1, 0.15) is 32.6 Å². The first-order valence-electron chi connectivity index (χ1n) is 9.87. The van der Waals surface area contributed by atoms with Gasteiger partial charge in [-0.05, 0) is 47.9 Å². The fraction of sp³-hybridized carbons (Fsp3) is 0.250. The molecule has 0 unspecified atom stereocenters. The third-order valence-electron chi connectivity index (χ3n) is 5.26. The summed E-state index contributed by atoms with van der Waals surface area (Å²) < 4.78 is 0. The van der Waals surface area contributed by atoms with Gasteiger partial charge in [0.15, 0.2) is 0 Å². The third kappa shape index (κ3) is 4.63. The van der Waals surface area contributed by atoms with Crippen LogP contribution >= 0.6 is 0 Å². The highest BCUT2D eigenvalue weighted by molar-refractivity contribution is 5.95. The van der Waals surface area contributed by atoms with Crippen molar-refractivity contribution in [1.29, 1.82) is 0 Å². The van der Waals surface area contributed by atoms with Gasteiger partial charge in [-0.15, -0.1) is 0 Å². The number of hydrogen-bond donors (Lipinski definition) is 1. The van der Waals surface area contributed by atoms with Crippen molar-refractivity contribution in [2.45, 2.75) is 26.6 Å². The van der Waals surface area contributed by atoms with Crippen LogP contribution in [0.4, 0.5) is 5.69 Å². The van der Waals surface area contributed by atoms with E-state index in [4.69, 9.17) is 0 Å². The number of carbonyl (C=O) groups is 1. The van der Waals surface area contributed by atoms with Crippen molar-refractivity contribution in [1.82, 2.24) is 15.2 Å². The van der Waals surface area contributed by atoms with E-state index in [0.29, 0.717) is 12.1 Å². The molecule has 29 heavy (non-hydrogen) atoms. The molecule has 3 aromatic rings. The van der Waals surface area contributed by atoms with Crippen molar-refractivity contribution in [2.75, 3.05) is 18.6 Å². The van der Waals surface area contributed by atoms with Crippen LogP contribution in [0.5, 0.6) is 0 Å². The molecule has 1 aromatic heterocycles. The van der Waals surface area contributed by atoms with Gasteiger partial charge >= 0.3 is 0 Å². The van der Waals surface area contributed by atoms with Gasteiger partial charge in [-0.25, -0.2) is 0 Å². The van der Waals surface area contributed by atoms with Crippen molar-refractivity contribution in [3.8, 4) is 0 Å². The minimum atomic E-state index is -0.0413. The summed E-state index contributed by atoms with van der Waals surface area (Å²) in [5.41, 5.74) is 6.57. The van der Waals surface area contributed by atoms with Crippen molar-refractivity contribution in [3.63, 3.8) is 0 Å². The number of aromatic nitrogens is 1. The van der Waals surface area contributed by atoms with Crippen LogP contribution in [-0.4, -0.2) is 29.5 Å². The molecule has 0 fully saturated rings. The molecule has 5 heteroatoms. The zero-order valence-corrected chi connectivity index (χ0v) is 16.9. The second-order valence-corrected chi connectivity index (χ2v) is 7.70. The second-order valence-electron chi connectivity index (χ2n) is 7.70. The molecule has 0 saturated carbocycles. The van der Waals surface area contributed by atoms with Gasteiger partial charge < -0.3 is 10.2 Å². The van der Waals surface area contributed by atoms with E-state index in [1.165, 1.54) is 22.4 Å². The highest BCUT2D eigenvalue weighted by Gasteiger charge is 2.21. The van der Waals surface area contributed by atoms with Crippen molar-refractivity contribution in [2.24, 2.45) is 0 Å². The zero-order valence-electron chi connectivity index (χ0n) is 16.9. The molecule has 0 saturated heterocycles. The van der Waals surface area contributed by atoms with Crippen molar-refractivity contribution >= 4 is 11.6 Å². The van der Waals surface area contributed by atoms with Gasteiger partial charge in [0, 0.05) is 50.3 Å². The highest BCUT2D eigenvalue weighted by atomic mass is 16.1. The van der Waals surface area contributed by atoms with E-state index in [9.17, 15) is 4.79 Å². The minimum absolute atomic E-state index is 0.0413. The molecule has 1 aliphatic rings. The van der Waals surface area contributed by atoms with E-state index >= 15 is 0 Å². The number of fused-ring (bicyclic) bond motifs is 1. The van der Waals surface area contributed by atoms with Gasteiger partial charge in [0.2, 0.25) is 0 Å². The number of amides is 1. The Hall–Kier alpha value is -3.18. The molecule has 0 radical (unpaired) electrons. The fourth-order valence-electron chi connectivity index (χ4n) is 3.74. The quantitative estimate of drug-likeness (QED) is 0.726. The van der Waals surface area contributed by atoms with Crippen LogP contribution in [0.2, 0.25) is 0 Å². The van der Waals surface area contributed by atoms with Crippen molar-refractivity contribution < 1.29 is 4.79 Å². The number of nitrogens with one attached hydrogen (secondary N) is 1. The number of pyridine rings is 1. The molecule has 0 atom stereocenters. The average molecular weight is 386 g/mol. The lowest BCUT2D eigenvalue weighted by Crippen LogP contribution is -2.39. The Morgan fingerprint density at radius 2 is 1.93 bits per heavy atom. The lowest BCUT2D eigenvalue weighted by atomic mass is 10.0. The van der Waals surface area contributed by atoms with Gasteiger partial charge in [0.05, 0.1) is 6.67 Å². The van der Waals surface area contributed by atoms with Crippen LogP contribution in [0.25, 0.3) is 0 Å². The van der Waals surface area contributed by atoms with E-state index in [0.717, 1.165) is 25.3 Å². The number of benzene rings is 2. The summed E-state index contributed by atoms with van der Waals surface area (Å²) in [7, 11) is 2.09. The van der Waals surface area contributed by atoms with E-state index in [1.807, 2.05) is 36.5 Å². The largest absolute Gasteiger partial charge is 0.361 e. The van der Waals surface area contributed by atoms with Gasteiger partial charge in [-0.3, -0.25) is 14.7 Å². The van der Waals surface area contributed by atoms with Crippen molar-refractivity contribution in [3.05, 3.63) is 94.8 Å². The number of carbonyl (C=O) groups excluding carboxylic acids is 1. The first-order valence-corrected chi connectivity index (χ1v) is 9.87. The van der Waals surface area contributed by atoms with Gasteiger partial charge in [0.25, 0.3) is 5.91 Å². The Morgan fingerprint density at radius 3 is 2.69 bits per heavy atom. The molecule has 2 heterocycles. The molecule has 1 N–H and O–H groups in total. The summed E-state index contributed by atoms with van der Waals surface area (Å²) in [5, 5.41) is 3.03. The fourth-order valence-corrected chi connectivity index (χ4v) is 3.74. The smallest absolute Gasteiger partial charge is 0.251 e. The molecule has 1 amide bonds. The van der Waals surface area contributed by atoms with E-state index < -0.39 is 0 Å². The molecule has 0 bridgehead atoms. The number of nitrogens with zero attached hydrogens (tertiary/aromatic N) is 3. The summed E-state index contributed by atoms with van der Waals surface area (Å²) in [6, 6.07) is 18.3. The number of hydrogen-bond acceptors (Lipinski definition) is 4. The first-order chi connectivity index (χ1) is 14.1. The molecule has 0 aliphatic carbocycles. The lowest BCUT2D eigenvalue weighted by Gasteiger charge is -2.36. The summed E-state index contributed by atoms with van der Waals surface area (Å²) in [6.45, 7) is 5.09. The third-order valence-corrected chi connectivity index (χ3v) is 5.26. The number of rotatable bonds is 5. The van der Waals surface area contributed by atoms with E-state index in [1.54, 1.807) is 6.20 Å². The molecule has 1 aliphatic heterocycles. The monoisotopic (exact) mass is 386 g/mol. The van der Waals surface area contributed by atoms with Crippen LogP contribution in [-0.2, 0) is 19.6 Å². The normalized spacial score (nSPS) is 13.8. The molecule has 4 rings (SSSR count). The Labute approximate surface area is 172 Å². The minimum Gasteiger partial charge on any atom is -0.361 e. The topological polar surface area (TPSA) is 48.5 Å². The summed E-state index contributed by atoms with van der Waals surface area (Å²) >= 11 is 0. The Bertz CT molecular complexity index is 986. The average Bonchev–Trinajstić information content (AvgIpc) is 2.73. The second kappa shape index (κ2) is 8.45. The number of anilines is 1. The zero-order chi connectivity index (χ0) is 20.2. The van der Waals surface area contributed by atoms with Crippen LogP contribution in [0, 0.1) is 6.92 Å². The van der Waals surface area contributed by atoms with Crippen LogP contribution in [0.3, 0.4) is 0 Å². The van der Waals surface area contributed by atoms with Gasteiger partial charge in [-0.2, -0.15) is 0 Å². The lowest BCUT2D eigenvalue weighted by molar-refractivity contribution is 0.0950. The highest BCUT2D eigenvalue weighted by Crippen LogP contribution is 2.28. The molecule has 0 spiro atoms. The van der Waals surface area contributed by atoms with Crippen LogP contribution in [0.15, 0.2) is 67.0 Å². The Balaban J connectivity index is 1.45. The van der Waals surface area contributed by atoms with E-state index in [2.05, 4.69) is 58.3 Å². The molecule has 5 nitrogen and oxygen atoms in total.